The van der Waals surface area contributed by atoms with E-state index in [1.807, 2.05) is 0 Å². The van der Waals surface area contributed by atoms with Gasteiger partial charge in [0.05, 0.1) is 34.8 Å². The van der Waals surface area contributed by atoms with Crippen molar-refractivity contribution in [2.75, 3.05) is 0 Å². The van der Waals surface area contributed by atoms with Gasteiger partial charge in [-0.2, -0.15) is 5.10 Å². The van der Waals surface area contributed by atoms with E-state index in [1.165, 1.54) is 16.9 Å². The summed E-state index contributed by atoms with van der Waals surface area (Å²) in [6.45, 7) is 0.0795. The summed E-state index contributed by atoms with van der Waals surface area (Å²) in [6.07, 6.45) is 3.20. The molecule has 3 aromatic heterocycles. The Morgan fingerprint density at radius 1 is 1.11 bits per heavy atom. The molecule has 1 aromatic carbocycles. The van der Waals surface area contributed by atoms with Crippen molar-refractivity contribution < 1.29 is 13.7 Å². The number of pyridine rings is 1. The van der Waals surface area contributed by atoms with Crippen molar-refractivity contribution in [2.45, 2.75) is 6.54 Å². The van der Waals surface area contributed by atoms with E-state index in [0.29, 0.717) is 5.56 Å². The highest BCUT2D eigenvalue weighted by Crippen LogP contribution is 2.31. The molecular formula is C17H9ClF2N6O2. The number of aromatic nitrogens is 5. The van der Waals surface area contributed by atoms with Crippen LogP contribution in [0.3, 0.4) is 0 Å². The summed E-state index contributed by atoms with van der Waals surface area (Å²) in [4.78, 5) is 21.8. The highest BCUT2D eigenvalue weighted by molar-refractivity contribution is 6.31. The topological polar surface area (TPSA) is 99.6 Å². The lowest BCUT2D eigenvalue weighted by Gasteiger charge is -2.07. The maximum Gasteiger partial charge on any atom is 0.324 e. The Kier molecular flexibility index (Phi) is 4.40. The third kappa shape index (κ3) is 3.03. The van der Waals surface area contributed by atoms with Gasteiger partial charge in [0.2, 0.25) is 5.15 Å². The number of nitro groups is 1. The molecule has 0 aliphatic carbocycles. The zero-order chi connectivity index (χ0) is 19.8. The summed E-state index contributed by atoms with van der Waals surface area (Å²) in [5.74, 6) is -1.30. The van der Waals surface area contributed by atoms with Crippen molar-refractivity contribution in [3.63, 3.8) is 0 Å². The van der Waals surface area contributed by atoms with Gasteiger partial charge in [0, 0.05) is 5.56 Å². The first-order chi connectivity index (χ1) is 13.5. The molecule has 11 heteroatoms. The van der Waals surface area contributed by atoms with E-state index in [0.717, 1.165) is 12.4 Å². The van der Waals surface area contributed by atoms with Crippen LogP contribution in [-0.2, 0) is 6.54 Å². The Morgan fingerprint density at radius 3 is 2.61 bits per heavy atom. The maximum atomic E-state index is 14.5. The Balaban J connectivity index is 1.83. The largest absolute Gasteiger partial charge is 0.324 e. The standard InChI is InChI=1S/C17H9ClF2N6O2/c18-15-13(26(27)28)7-21-16(24-15)14-10-5-23-25(17(10)22-6-12(14)20)8-9-3-1-2-4-11(9)19/h1-7H,8H2. The fourth-order valence-corrected chi connectivity index (χ4v) is 2.93. The lowest BCUT2D eigenvalue weighted by atomic mass is 10.1. The van der Waals surface area contributed by atoms with Crippen molar-refractivity contribution in [1.82, 2.24) is 24.7 Å². The second kappa shape index (κ2) is 6.89. The molecule has 0 unspecified atom stereocenters. The van der Waals surface area contributed by atoms with Gasteiger partial charge >= 0.3 is 5.69 Å². The molecule has 28 heavy (non-hydrogen) atoms. The average Bonchev–Trinajstić information content (AvgIpc) is 3.06. The molecule has 140 valence electrons. The Morgan fingerprint density at radius 2 is 1.89 bits per heavy atom. The quantitative estimate of drug-likeness (QED) is 0.292. The predicted octanol–water partition coefficient (Wildman–Crippen LogP) is 3.78. The first kappa shape index (κ1) is 17.9. The Bertz CT molecular complexity index is 1230. The van der Waals surface area contributed by atoms with Crippen LogP contribution in [0.2, 0.25) is 5.15 Å². The van der Waals surface area contributed by atoms with Crippen LogP contribution in [0.25, 0.3) is 22.4 Å². The number of benzene rings is 1. The summed E-state index contributed by atoms with van der Waals surface area (Å²) >= 11 is 5.81. The van der Waals surface area contributed by atoms with E-state index in [2.05, 4.69) is 20.1 Å². The summed E-state index contributed by atoms with van der Waals surface area (Å²) in [5.41, 5.74) is 0.112. The summed E-state index contributed by atoms with van der Waals surface area (Å²) in [5, 5.41) is 14.9. The highest BCUT2D eigenvalue weighted by Gasteiger charge is 2.21. The Labute approximate surface area is 160 Å². The molecule has 0 aliphatic rings. The predicted molar refractivity (Wildman–Crippen MR) is 95.7 cm³/mol. The number of nitrogens with zero attached hydrogens (tertiary/aromatic N) is 6. The van der Waals surface area contributed by atoms with Crippen LogP contribution in [-0.4, -0.2) is 29.7 Å². The molecule has 0 saturated carbocycles. The van der Waals surface area contributed by atoms with Gasteiger partial charge in [0.25, 0.3) is 0 Å². The molecule has 0 spiro atoms. The van der Waals surface area contributed by atoms with Crippen LogP contribution in [0.5, 0.6) is 0 Å². The fraction of sp³-hybridized carbons (Fsp3) is 0.0588. The molecule has 0 bridgehead atoms. The molecule has 4 aromatic rings. The van der Waals surface area contributed by atoms with Crippen molar-refractivity contribution in [3.05, 3.63) is 75.3 Å². The summed E-state index contributed by atoms with van der Waals surface area (Å²) < 4.78 is 29.8. The number of rotatable bonds is 4. The van der Waals surface area contributed by atoms with E-state index in [4.69, 9.17) is 11.6 Å². The highest BCUT2D eigenvalue weighted by atomic mass is 35.5. The third-order valence-corrected chi connectivity index (χ3v) is 4.32. The molecule has 4 rings (SSSR count). The Hall–Kier alpha value is -3.53. The van der Waals surface area contributed by atoms with E-state index in [9.17, 15) is 18.9 Å². The smallest absolute Gasteiger partial charge is 0.258 e. The molecule has 0 fully saturated rings. The van der Waals surface area contributed by atoms with Crippen LogP contribution in [0, 0.1) is 21.7 Å². The second-order valence-electron chi connectivity index (χ2n) is 5.74. The van der Waals surface area contributed by atoms with Crippen molar-refractivity contribution in [3.8, 4) is 11.4 Å². The van der Waals surface area contributed by atoms with Gasteiger partial charge in [0.15, 0.2) is 17.3 Å². The third-order valence-electron chi connectivity index (χ3n) is 4.04. The lowest BCUT2D eigenvalue weighted by Crippen LogP contribution is -2.05. The molecule has 0 saturated heterocycles. The lowest BCUT2D eigenvalue weighted by molar-refractivity contribution is -0.385. The zero-order valence-electron chi connectivity index (χ0n) is 13.9. The minimum absolute atomic E-state index is 0.0541. The van der Waals surface area contributed by atoms with E-state index < -0.39 is 27.4 Å². The SMILES string of the molecule is O=[N+]([O-])c1cnc(-c2c(F)cnc3c2cnn3Cc2ccccc2F)nc1Cl. The number of halogens is 3. The van der Waals surface area contributed by atoms with E-state index in [-0.39, 0.29) is 29.0 Å². The van der Waals surface area contributed by atoms with Gasteiger partial charge in [0.1, 0.15) is 12.0 Å². The minimum atomic E-state index is -0.747. The monoisotopic (exact) mass is 402 g/mol. The van der Waals surface area contributed by atoms with E-state index >= 15 is 0 Å². The number of fused-ring (bicyclic) bond motifs is 1. The summed E-state index contributed by atoms with van der Waals surface area (Å²) in [7, 11) is 0. The van der Waals surface area contributed by atoms with Crippen molar-refractivity contribution in [2.24, 2.45) is 0 Å². The zero-order valence-corrected chi connectivity index (χ0v) is 14.6. The molecule has 8 nitrogen and oxygen atoms in total. The van der Waals surface area contributed by atoms with Crippen LogP contribution in [0.1, 0.15) is 5.56 Å². The number of hydrogen-bond acceptors (Lipinski definition) is 6. The van der Waals surface area contributed by atoms with Gasteiger partial charge < -0.3 is 0 Å². The van der Waals surface area contributed by atoms with Gasteiger partial charge in [-0.3, -0.25) is 10.1 Å². The normalized spacial score (nSPS) is 11.1. The molecule has 0 radical (unpaired) electrons. The van der Waals surface area contributed by atoms with Gasteiger partial charge in [-0.15, -0.1) is 0 Å². The van der Waals surface area contributed by atoms with Crippen LogP contribution >= 0.6 is 11.6 Å². The average molecular weight is 403 g/mol. The number of hydrogen-bond donors (Lipinski definition) is 0. The van der Waals surface area contributed by atoms with Crippen molar-refractivity contribution >= 4 is 28.3 Å². The molecule has 0 atom stereocenters. The molecule has 0 amide bonds. The summed E-state index contributed by atoms with van der Waals surface area (Å²) in [6, 6.07) is 6.19. The van der Waals surface area contributed by atoms with Gasteiger partial charge in [-0.05, 0) is 6.07 Å². The van der Waals surface area contributed by atoms with Crippen molar-refractivity contribution in [1.29, 1.82) is 0 Å². The van der Waals surface area contributed by atoms with Crippen LogP contribution in [0.4, 0.5) is 14.5 Å². The van der Waals surface area contributed by atoms with Crippen LogP contribution in [0.15, 0.2) is 42.9 Å². The first-order valence-electron chi connectivity index (χ1n) is 7.86. The van der Waals surface area contributed by atoms with Crippen LogP contribution < -0.4 is 0 Å². The molecule has 0 aliphatic heterocycles. The maximum absolute atomic E-state index is 14.5. The molecule has 3 heterocycles. The van der Waals surface area contributed by atoms with Gasteiger partial charge in [-0.1, -0.05) is 29.8 Å². The first-order valence-corrected chi connectivity index (χ1v) is 8.24. The van der Waals surface area contributed by atoms with Gasteiger partial charge in [-0.25, -0.2) is 28.4 Å². The second-order valence-corrected chi connectivity index (χ2v) is 6.10. The minimum Gasteiger partial charge on any atom is -0.258 e. The molecular weight excluding hydrogens is 394 g/mol. The van der Waals surface area contributed by atoms with E-state index in [1.54, 1.807) is 18.2 Å². The fourth-order valence-electron chi connectivity index (χ4n) is 2.73. The molecule has 0 N–H and O–H groups in total.